The summed E-state index contributed by atoms with van der Waals surface area (Å²) >= 11 is 6.15. The van der Waals surface area contributed by atoms with E-state index < -0.39 is 0 Å². The van der Waals surface area contributed by atoms with E-state index in [1.807, 2.05) is 19.9 Å². The maximum atomic E-state index is 6.15. The standard InChI is InChI=1S/C11H16ClNO/c1-7-6-10(14-3)9(4-5-13)8(2)11(7)12/h6H,4-5,13H2,1-3H3. The molecule has 0 aromatic heterocycles. The van der Waals surface area contributed by atoms with Crippen LogP contribution in [0, 0.1) is 13.8 Å². The van der Waals surface area contributed by atoms with Crippen molar-refractivity contribution in [2.75, 3.05) is 13.7 Å². The predicted octanol–water partition coefficient (Wildman–Crippen LogP) is 2.47. The quantitative estimate of drug-likeness (QED) is 0.837. The number of nitrogens with two attached hydrogens (primary N) is 1. The molecular formula is C11H16ClNO. The number of benzene rings is 1. The first-order chi connectivity index (χ1) is 6.61. The fraction of sp³-hybridized carbons (Fsp3) is 0.455. The highest BCUT2D eigenvalue weighted by Gasteiger charge is 2.11. The van der Waals surface area contributed by atoms with E-state index in [0.717, 1.165) is 33.9 Å². The Labute approximate surface area is 90.0 Å². The molecule has 1 rings (SSSR count). The highest BCUT2D eigenvalue weighted by molar-refractivity contribution is 6.32. The average Bonchev–Trinajstić information content (AvgIpc) is 2.19. The van der Waals surface area contributed by atoms with Crippen molar-refractivity contribution in [3.8, 4) is 5.75 Å². The number of ether oxygens (including phenoxy) is 1. The molecule has 0 amide bonds. The summed E-state index contributed by atoms with van der Waals surface area (Å²) in [7, 11) is 1.67. The Morgan fingerprint density at radius 3 is 2.57 bits per heavy atom. The zero-order valence-electron chi connectivity index (χ0n) is 8.86. The molecule has 0 spiro atoms. The SMILES string of the molecule is COc1cc(C)c(Cl)c(C)c1CCN. The van der Waals surface area contributed by atoms with E-state index >= 15 is 0 Å². The van der Waals surface area contributed by atoms with Crippen molar-refractivity contribution in [1.29, 1.82) is 0 Å². The molecule has 78 valence electrons. The molecule has 0 saturated carbocycles. The Bertz CT molecular complexity index is 337. The first-order valence-electron chi connectivity index (χ1n) is 4.64. The van der Waals surface area contributed by atoms with Gasteiger partial charge in [-0.25, -0.2) is 0 Å². The minimum absolute atomic E-state index is 0.608. The van der Waals surface area contributed by atoms with Crippen molar-refractivity contribution in [3.63, 3.8) is 0 Å². The molecule has 1 aromatic rings. The third kappa shape index (κ3) is 2.02. The monoisotopic (exact) mass is 213 g/mol. The van der Waals surface area contributed by atoms with Gasteiger partial charge < -0.3 is 10.5 Å². The largest absolute Gasteiger partial charge is 0.496 e. The maximum absolute atomic E-state index is 6.15. The van der Waals surface area contributed by atoms with Crippen molar-refractivity contribution in [2.24, 2.45) is 5.73 Å². The van der Waals surface area contributed by atoms with Crippen LogP contribution in [0.25, 0.3) is 0 Å². The normalized spacial score (nSPS) is 10.4. The van der Waals surface area contributed by atoms with Crippen molar-refractivity contribution >= 4 is 11.6 Å². The van der Waals surface area contributed by atoms with Crippen LogP contribution < -0.4 is 10.5 Å². The van der Waals surface area contributed by atoms with Crippen molar-refractivity contribution in [1.82, 2.24) is 0 Å². The highest BCUT2D eigenvalue weighted by atomic mass is 35.5. The van der Waals surface area contributed by atoms with Gasteiger partial charge in [0.05, 0.1) is 7.11 Å². The number of hydrogen-bond acceptors (Lipinski definition) is 2. The van der Waals surface area contributed by atoms with Crippen LogP contribution in [0.3, 0.4) is 0 Å². The van der Waals surface area contributed by atoms with Gasteiger partial charge in [-0.15, -0.1) is 0 Å². The van der Waals surface area contributed by atoms with E-state index in [1.54, 1.807) is 7.11 Å². The smallest absolute Gasteiger partial charge is 0.122 e. The zero-order valence-corrected chi connectivity index (χ0v) is 9.61. The van der Waals surface area contributed by atoms with Gasteiger partial charge in [0.25, 0.3) is 0 Å². The number of aryl methyl sites for hydroxylation is 1. The third-order valence-corrected chi connectivity index (χ3v) is 2.97. The summed E-state index contributed by atoms with van der Waals surface area (Å²) in [6.45, 7) is 4.59. The van der Waals surface area contributed by atoms with Gasteiger partial charge in [0.2, 0.25) is 0 Å². The maximum Gasteiger partial charge on any atom is 0.122 e. The lowest BCUT2D eigenvalue weighted by atomic mass is 10.0. The molecule has 0 unspecified atom stereocenters. The third-order valence-electron chi connectivity index (χ3n) is 2.39. The Morgan fingerprint density at radius 2 is 2.07 bits per heavy atom. The van der Waals surface area contributed by atoms with Gasteiger partial charge in [0.1, 0.15) is 5.75 Å². The Kier molecular flexibility index (Phi) is 3.78. The lowest BCUT2D eigenvalue weighted by Crippen LogP contribution is -2.06. The summed E-state index contributed by atoms with van der Waals surface area (Å²) in [6, 6.07) is 1.96. The van der Waals surface area contributed by atoms with E-state index in [0.29, 0.717) is 6.54 Å². The molecule has 2 N–H and O–H groups in total. The molecule has 0 saturated heterocycles. The summed E-state index contributed by atoms with van der Waals surface area (Å²) in [5.41, 5.74) is 8.78. The molecule has 0 bridgehead atoms. The van der Waals surface area contributed by atoms with Crippen LogP contribution in [-0.2, 0) is 6.42 Å². The lowest BCUT2D eigenvalue weighted by molar-refractivity contribution is 0.409. The molecule has 3 heteroatoms. The lowest BCUT2D eigenvalue weighted by Gasteiger charge is -2.14. The number of halogens is 1. The molecule has 14 heavy (non-hydrogen) atoms. The molecule has 0 aliphatic heterocycles. The summed E-state index contributed by atoms with van der Waals surface area (Å²) in [6.07, 6.45) is 0.801. The van der Waals surface area contributed by atoms with Crippen molar-refractivity contribution in [2.45, 2.75) is 20.3 Å². The van der Waals surface area contributed by atoms with Crippen LogP contribution >= 0.6 is 11.6 Å². The molecule has 0 aliphatic rings. The van der Waals surface area contributed by atoms with Crippen LogP contribution in [0.15, 0.2) is 6.07 Å². The van der Waals surface area contributed by atoms with E-state index in [4.69, 9.17) is 22.1 Å². The molecule has 0 atom stereocenters. The molecule has 1 aromatic carbocycles. The van der Waals surface area contributed by atoms with Crippen LogP contribution in [0.5, 0.6) is 5.75 Å². The van der Waals surface area contributed by atoms with Crippen molar-refractivity contribution < 1.29 is 4.74 Å². The van der Waals surface area contributed by atoms with E-state index in [-0.39, 0.29) is 0 Å². The van der Waals surface area contributed by atoms with Crippen LogP contribution in [0.2, 0.25) is 5.02 Å². The topological polar surface area (TPSA) is 35.2 Å². The van der Waals surface area contributed by atoms with Crippen molar-refractivity contribution in [3.05, 3.63) is 27.8 Å². The van der Waals surface area contributed by atoms with Crippen LogP contribution in [-0.4, -0.2) is 13.7 Å². The number of methoxy groups -OCH3 is 1. The molecule has 0 aliphatic carbocycles. The Balaban J connectivity index is 3.29. The van der Waals surface area contributed by atoms with Crippen LogP contribution in [0.4, 0.5) is 0 Å². The molecule has 0 fully saturated rings. The Morgan fingerprint density at radius 1 is 1.43 bits per heavy atom. The van der Waals surface area contributed by atoms with Gasteiger partial charge >= 0.3 is 0 Å². The summed E-state index contributed by atoms with van der Waals surface area (Å²) in [5, 5.41) is 0.814. The summed E-state index contributed by atoms with van der Waals surface area (Å²) < 4.78 is 5.30. The van der Waals surface area contributed by atoms with Gasteiger partial charge in [-0.3, -0.25) is 0 Å². The average molecular weight is 214 g/mol. The number of rotatable bonds is 3. The predicted molar refractivity (Wildman–Crippen MR) is 60.2 cm³/mol. The molecular weight excluding hydrogens is 198 g/mol. The van der Waals surface area contributed by atoms with E-state index in [2.05, 4.69) is 0 Å². The highest BCUT2D eigenvalue weighted by Crippen LogP contribution is 2.31. The van der Waals surface area contributed by atoms with Gasteiger partial charge in [0, 0.05) is 5.02 Å². The summed E-state index contributed by atoms with van der Waals surface area (Å²) in [4.78, 5) is 0. The zero-order chi connectivity index (χ0) is 10.7. The molecule has 0 radical (unpaired) electrons. The Hall–Kier alpha value is -0.730. The van der Waals surface area contributed by atoms with Gasteiger partial charge in [-0.05, 0) is 49.6 Å². The molecule has 2 nitrogen and oxygen atoms in total. The second kappa shape index (κ2) is 4.67. The minimum Gasteiger partial charge on any atom is -0.496 e. The van der Waals surface area contributed by atoms with E-state index in [1.165, 1.54) is 0 Å². The minimum atomic E-state index is 0.608. The first kappa shape index (κ1) is 11.3. The first-order valence-corrected chi connectivity index (χ1v) is 5.02. The van der Waals surface area contributed by atoms with Gasteiger partial charge in [0.15, 0.2) is 0 Å². The summed E-state index contributed by atoms with van der Waals surface area (Å²) in [5.74, 6) is 0.884. The van der Waals surface area contributed by atoms with Gasteiger partial charge in [-0.2, -0.15) is 0 Å². The second-order valence-corrected chi connectivity index (χ2v) is 3.73. The fourth-order valence-corrected chi connectivity index (χ4v) is 1.77. The fourth-order valence-electron chi connectivity index (χ4n) is 1.60. The van der Waals surface area contributed by atoms with Crippen LogP contribution in [0.1, 0.15) is 16.7 Å². The van der Waals surface area contributed by atoms with E-state index in [9.17, 15) is 0 Å². The molecule has 0 heterocycles. The van der Waals surface area contributed by atoms with Gasteiger partial charge in [-0.1, -0.05) is 11.6 Å². The second-order valence-electron chi connectivity index (χ2n) is 3.35. The number of hydrogen-bond donors (Lipinski definition) is 1.